The lowest BCUT2D eigenvalue weighted by Gasteiger charge is -2.11. The Kier molecular flexibility index (Phi) is 6.70. The van der Waals surface area contributed by atoms with Crippen molar-refractivity contribution in [2.45, 2.75) is 6.54 Å². The maximum atomic E-state index is 12.5. The minimum absolute atomic E-state index is 0.00968. The topological polar surface area (TPSA) is 100 Å². The zero-order chi connectivity index (χ0) is 20.6. The fourth-order valence-electron chi connectivity index (χ4n) is 2.57. The predicted octanol–water partition coefficient (Wildman–Crippen LogP) is 1.70. The van der Waals surface area contributed by atoms with Crippen molar-refractivity contribution in [3.05, 3.63) is 76.3 Å². The highest BCUT2D eigenvalue weighted by atomic mass is 16.5. The van der Waals surface area contributed by atoms with Gasteiger partial charge in [-0.2, -0.15) is 5.10 Å². The predicted molar refractivity (Wildman–Crippen MR) is 110 cm³/mol. The number of amides is 1. The summed E-state index contributed by atoms with van der Waals surface area (Å²) in [6.45, 7) is 1.73. The van der Waals surface area contributed by atoms with Crippen molar-refractivity contribution in [2.75, 3.05) is 27.2 Å². The van der Waals surface area contributed by atoms with Crippen LogP contribution in [0.1, 0.15) is 15.9 Å². The molecular formula is C21H23N5O3. The van der Waals surface area contributed by atoms with E-state index in [9.17, 15) is 9.59 Å². The lowest BCUT2D eigenvalue weighted by atomic mass is 10.1. The van der Waals surface area contributed by atoms with E-state index >= 15 is 0 Å². The Hall–Kier alpha value is -3.52. The number of likely N-dealkylation sites (N-methyl/N-ethyl adjacent to an activating group) is 1. The van der Waals surface area contributed by atoms with Crippen molar-refractivity contribution in [2.24, 2.45) is 0 Å². The van der Waals surface area contributed by atoms with Crippen LogP contribution < -0.4 is 15.6 Å². The summed E-state index contributed by atoms with van der Waals surface area (Å²) in [5.74, 6) is 0.310. The molecule has 8 nitrogen and oxygen atoms in total. The van der Waals surface area contributed by atoms with E-state index < -0.39 is 11.5 Å². The third-order valence-electron chi connectivity index (χ3n) is 4.21. The summed E-state index contributed by atoms with van der Waals surface area (Å²) in [7, 11) is 3.98. The molecule has 1 amide bonds. The lowest BCUT2D eigenvalue weighted by Crippen LogP contribution is -2.29. The normalized spacial score (nSPS) is 10.7. The maximum absolute atomic E-state index is 12.5. The molecule has 0 aliphatic carbocycles. The van der Waals surface area contributed by atoms with E-state index in [1.807, 2.05) is 43.3 Å². The fourth-order valence-corrected chi connectivity index (χ4v) is 2.57. The number of aromatic nitrogens is 3. The number of rotatable bonds is 8. The first kappa shape index (κ1) is 20.2. The van der Waals surface area contributed by atoms with E-state index in [0.717, 1.165) is 23.4 Å². The summed E-state index contributed by atoms with van der Waals surface area (Å²) in [5, 5.41) is 9.13. The summed E-state index contributed by atoms with van der Waals surface area (Å²) in [6, 6.07) is 12.5. The standard InChI is InChI=1S/C21H23N5O3/c1-26(2)11-12-29-17-5-3-15(4-6-17)14-23-20(27)18-13-19(24-25-21(18)28)16-7-9-22-10-8-16/h3-10,13H,11-12,14H2,1-2H3,(H,23,27)(H,25,28). The van der Waals surface area contributed by atoms with Crippen molar-refractivity contribution in [1.82, 2.24) is 25.4 Å². The van der Waals surface area contributed by atoms with Crippen molar-refractivity contribution in [1.29, 1.82) is 0 Å². The molecule has 0 aliphatic rings. The minimum atomic E-state index is -0.537. The number of carbonyl (C=O) groups is 1. The molecule has 3 rings (SSSR count). The molecule has 150 valence electrons. The molecular weight excluding hydrogens is 370 g/mol. The van der Waals surface area contributed by atoms with Crippen molar-refractivity contribution < 1.29 is 9.53 Å². The number of ether oxygens (including phenoxy) is 1. The number of aromatic amines is 1. The van der Waals surface area contributed by atoms with Crippen LogP contribution >= 0.6 is 0 Å². The van der Waals surface area contributed by atoms with Gasteiger partial charge in [-0.05, 0) is 50.0 Å². The summed E-state index contributed by atoms with van der Waals surface area (Å²) in [6.07, 6.45) is 3.24. The highest BCUT2D eigenvalue weighted by Crippen LogP contribution is 2.15. The van der Waals surface area contributed by atoms with E-state index in [1.54, 1.807) is 24.5 Å². The van der Waals surface area contributed by atoms with Crippen LogP contribution in [-0.4, -0.2) is 53.2 Å². The monoisotopic (exact) mass is 393 g/mol. The average molecular weight is 393 g/mol. The number of benzene rings is 1. The second-order valence-corrected chi connectivity index (χ2v) is 6.71. The number of pyridine rings is 1. The van der Waals surface area contributed by atoms with Gasteiger partial charge in [-0.15, -0.1) is 0 Å². The Morgan fingerprint density at radius 2 is 1.86 bits per heavy atom. The number of H-pyrrole nitrogens is 1. The third kappa shape index (κ3) is 5.73. The first-order valence-electron chi connectivity index (χ1n) is 9.18. The number of hydrogen-bond donors (Lipinski definition) is 2. The molecule has 0 spiro atoms. The molecule has 29 heavy (non-hydrogen) atoms. The average Bonchev–Trinajstić information content (AvgIpc) is 2.73. The van der Waals surface area contributed by atoms with Gasteiger partial charge in [0.2, 0.25) is 0 Å². The zero-order valence-electron chi connectivity index (χ0n) is 16.4. The van der Waals surface area contributed by atoms with Gasteiger partial charge in [-0.3, -0.25) is 14.6 Å². The van der Waals surface area contributed by atoms with Crippen LogP contribution in [0.15, 0.2) is 59.7 Å². The van der Waals surface area contributed by atoms with Gasteiger partial charge in [-0.25, -0.2) is 5.10 Å². The molecule has 1 aromatic carbocycles. The summed E-state index contributed by atoms with van der Waals surface area (Å²) >= 11 is 0. The van der Waals surface area contributed by atoms with Gasteiger partial charge in [0.25, 0.3) is 11.5 Å². The van der Waals surface area contributed by atoms with Gasteiger partial charge in [0.05, 0.1) is 5.69 Å². The molecule has 0 bridgehead atoms. The molecule has 2 N–H and O–H groups in total. The zero-order valence-corrected chi connectivity index (χ0v) is 16.4. The summed E-state index contributed by atoms with van der Waals surface area (Å²) < 4.78 is 5.65. The van der Waals surface area contributed by atoms with Gasteiger partial charge in [0, 0.05) is 31.0 Å². The Morgan fingerprint density at radius 3 is 2.55 bits per heavy atom. The van der Waals surface area contributed by atoms with Crippen LogP contribution in [-0.2, 0) is 6.54 Å². The maximum Gasteiger partial charge on any atom is 0.277 e. The SMILES string of the molecule is CN(C)CCOc1ccc(CNC(=O)c2cc(-c3ccncc3)n[nH]c2=O)cc1. The first-order valence-corrected chi connectivity index (χ1v) is 9.18. The Bertz CT molecular complexity index is 1000. The van der Waals surface area contributed by atoms with Crippen molar-refractivity contribution in [3.63, 3.8) is 0 Å². The van der Waals surface area contributed by atoms with E-state index in [2.05, 4.69) is 20.5 Å². The van der Waals surface area contributed by atoms with Gasteiger partial charge in [-0.1, -0.05) is 12.1 Å². The molecule has 0 radical (unpaired) electrons. The van der Waals surface area contributed by atoms with Crippen LogP contribution in [0.4, 0.5) is 0 Å². The van der Waals surface area contributed by atoms with Gasteiger partial charge >= 0.3 is 0 Å². The van der Waals surface area contributed by atoms with E-state index in [1.165, 1.54) is 6.07 Å². The molecule has 8 heteroatoms. The molecule has 0 atom stereocenters. The van der Waals surface area contributed by atoms with Crippen molar-refractivity contribution in [3.8, 4) is 17.0 Å². The quantitative estimate of drug-likeness (QED) is 0.604. The van der Waals surface area contributed by atoms with E-state index in [0.29, 0.717) is 18.8 Å². The smallest absolute Gasteiger partial charge is 0.277 e. The van der Waals surface area contributed by atoms with Gasteiger partial charge < -0.3 is 15.0 Å². The van der Waals surface area contributed by atoms with Gasteiger partial charge in [0.15, 0.2) is 0 Å². The number of hydrogen-bond acceptors (Lipinski definition) is 6. The fraction of sp³-hybridized carbons (Fsp3) is 0.238. The van der Waals surface area contributed by atoms with Crippen LogP contribution in [0.25, 0.3) is 11.3 Å². The molecule has 0 aliphatic heterocycles. The molecule has 2 aromatic heterocycles. The van der Waals surface area contributed by atoms with Crippen LogP contribution in [0.5, 0.6) is 5.75 Å². The number of nitrogens with one attached hydrogen (secondary N) is 2. The molecule has 2 heterocycles. The lowest BCUT2D eigenvalue weighted by molar-refractivity contribution is 0.0949. The number of nitrogens with zero attached hydrogens (tertiary/aromatic N) is 3. The van der Waals surface area contributed by atoms with E-state index in [-0.39, 0.29) is 5.56 Å². The summed E-state index contributed by atoms with van der Waals surface area (Å²) in [4.78, 5) is 30.5. The summed E-state index contributed by atoms with van der Waals surface area (Å²) in [5.41, 5.74) is 1.63. The Morgan fingerprint density at radius 1 is 1.14 bits per heavy atom. The van der Waals surface area contributed by atoms with Crippen molar-refractivity contribution >= 4 is 5.91 Å². The van der Waals surface area contributed by atoms with Crippen LogP contribution in [0.2, 0.25) is 0 Å². The largest absolute Gasteiger partial charge is 0.492 e. The first-order chi connectivity index (χ1) is 14.0. The second-order valence-electron chi connectivity index (χ2n) is 6.71. The molecule has 0 unspecified atom stereocenters. The van der Waals surface area contributed by atoms with E-state index in [4.69, 9.17) is 4.74 Å². The Balaban J connectivity index is 1.61. The Labute approximate surface area is 168 Å². The van der Waals surface area contributed by atoms with Gasteiger partial charge in [0.1, 0.15) is 17.9 Å². The highest BCUT2D eigenvalue weighted by Gasteiger charge is 2.13. The van der Waals surface area contributed by atoms with Crippen LogP contribution in [0, 0.1) is 0 Å². The molecule has 0 saturated heterocycles. The van der Waals surface area contributed by atoms with Crippen LogP contribution in [0.3, 0.4) is 0 Å². The number of carbonyl (C=O) groups excluding carboxylic acids is 1. The highest BCUT2D eigenvalue weighted by molar-refractivity contribution is 5.94. The molecule has 0 fully saturated rings. The molecule has 3 aromatic rings. The molecule has 0 saturated carbocycles. The second kappa shape index (κ2) is 9.61. The third-order valence-corrected chi connectivity index (χ3v) is 4.21. The minimum Gasteiger partial charge on any atom is -0.492 e.